The number of hydrogen-bond donors (Lipinski definition) is 0. The molecule has 1 unspecified atom stereocenters. The van der Waals surface area contributed by atoms with Crippen molar-refractivity contribution in [3.63, 3.8) is 0 Å². The summed E-state index contributed by atoms with van der Waals surface area (Å²) in [4.78, 5) is 21.9. The minimum atomic E-state index is -0.542. The van der Waals surface area contributed by atoms with E-state index in [9.17, 15) is 14.9 Å². The zero-order valence-corrected chi connectivity index (χ0v) is 8.53. The topological polar surface area (TPSA) is 60.2 Å². The maximum Gasteiger partial charge on any atom is 0.273 e. The van der Waals surface area contributed by atoms with Gasteiger partial charge in [-0.25, -0.2) is 0 Å². The van der Waals surface area contributed by atoms with E-state index in [-0.39, 0.29) is 11.5 Å². The van der Waals surface area contributed by atoms with Gasteiger partial charge in [0, 0.05) is 17.2 Å². The van der Waals surface area contributed by atoms with Crippen molar-refractivity contribution in [2.45, 2.75) is 18.2 Å². The molecule has 5 heteroatoms. The molecule has 1 aliphatic rings. The number of alkyl halides is 1. The Bertz CT molecular complexity index is 444. The van der Waals surface area contributed by atoms with E-state index < -0.39 is 10.3 Å². The maximum atomic E-state index is 11.6. The van der Waals surface area contributed by atoms with Crippen molar-refractivity contribution in [1.82, 2.24) is 0 Å². The Balaban J connectivity index is 2.58. The number of hydrogen-bond acceptors (Lipinski definition) is 3. The Labute approximate surface area is 91.0 Å². The number of nitrogens with zero attached hydrogens (tertiary/aromatic N) is 1. The summed E-state index contributed by atoms with van der Waals surface area (Å²) in [6.07, 6.45) is 0.963. The number of halogens is 1. The fourth-order valence-electron chi connectivity index (χ4n) is 1.81. The van der Waals surface area contributed by atoms with Gasteiger partial charge < -0.3 is 0 Å². The van der Waals surface area contributed by atoms with Gasteiger partial charge in [-0.2, -0.15) is 0 Å². The molecule has 0 amide bonds. The van der Waals surface area contributed by atoms with Crippen LogP contribution in [-0.4, -0.2) is 16.1 Å². The van der Waals surface area contributed by atoms with Crippen molar-refractivity contribution in [2.75, 3.05) is 0 Å². The molecule has 0 aromatic heterocycles. The number of ketones is 1. The third kappa shape index (κ3) is 1.61. The molecule has 0 fully saturated rings. The molecule has 15 heavy (non-hydrogen) atoms. The van der Waals surface area contributed by atoms with Gasteiger partial charge in [-0.3, -0.25) is 14.9 Å². The van der Waals surface area contributed by atoms with Crippen LogP contribution in [0.3, 0.4) is 0 Å². The molecule has 1 atom stereocenters. The molecule has 1 aromatic carbocycles. The van der Waals surface area contributed by atoms with Crippen LogP contribution in [0, 0.1) is 10.1 Å². The van der Waals surface area contributed by atoms with E-state index in [2.05, 4.69) is 0 Å². The van der Waals surface area contributed by atoms with E-state index in [1.165, 1.54) is 12.1 Å². The number of nitro benzene ring substituents is 1. The zero-order chi connectivity index (χ0) is 11.0. The summed E-state index contributed by atoms with van der Waals surface area (Å²) >= 11 is 5.81. The smallest absolute Gasteiger partial charge is 0.273 e. The highest BCUT2D eigenvalue weighted by atomic mass is 35.5. The Morgan fingerprint density at radius 1 is 1.47 bits per heavy atom. The monoisotopic (exact) mass is 225 g/mol. The molecule has 0 saturated carbocycles. The minimum absolute atomic E-state index is 0.0180. The van der Waals surface area contributed by atoms with Crippen LogP contribution in [-0.2, 0) is 6.42 Å². The third-order valence-electron chi connectivity index (χ3n) is 2.55. The van der Waals surface area contributed by atoms with Gasteiger partial charge in [0.05, 0.1) is 10.3 Å². The zero-order valence-electron chi connectivity index (χ0n) is 7.77. The van der Waals surface area contributed by atoms with Gasteiger partial charge in [0.2, 0.25) is 0 Å². The minimum Gasteiger partial charge on any atom is -0.292 e. The molecule has 1 aliphatic carbocycles. The quantitative estimate of drug-likeness (QED) is 0.419. The van der Waals surface area contributed by atoms with Crippen LogP contribution < -0.4 is 0 Å². The first-order chi connectivity index (χ1) is 7.11. The average Bonchev–Trinajstić information content (AvgIpc) is 2.23. The Kier molecular flexibility index (Phi) is 2.44. The Morgan fingerprint density at radius 2 is 2.20 bits per heavy atom. The van der Waals surface area contributed by atoms with Gasteiger partial charge in [-0.1, -0.05) is 12.1 Å². The van der Waals surface area contributed by atoms with Crippen molar-refractivity contribution in [3.8, 4) is 0 Å². The van der Waals surface area contributed by atoms with Gasteiger partial charge >= 0.3 is 0 Å². The van der Waals surface area contributed by atoms with Crippen molar-refractivity contribution in [1.29, 1.82) is 0 Å². The number of nitro groups is 1. The lowest BCUT2D eigenvalue weighted by Gasteiger charge is -2.18. The maximum absolute atomic E-state index is 11.6. The SMILES string of the molecule is O=C1c2cccc([N+](=O)[O-])c2CCC1Cl. The van der Waals surface area contributed by atoms with Crippen LogP contribution >= 0.6 is 11.6 Å². The van der Waals surface area contributed by atoms with Crippen molar-refractivity contribution in [2.24, 2.45) is 0 Å². The second-order valence-electron chi connectivity index (χ2n) is 3.43. The molecule has 2 rings (SSSR count). The number of rotatable bonds is 1. The van der Waals surface area contributed by atoms with Gasteiger partial charge in [0.15, 0.2) is 5.78 Å². The first-order valence-electron chi connectivity index (χ1n) is 4.56. The van der Waals surface area contributed by atoms with E-state index in [4.69, 9.17) is 11.6 Å². The molecule has 0 heterocycles. The molecule has 1 aromatic rings. The van der Waals surface area contributed by atoms with Crippen LogP contribution in [0.1, 0.15) is 22.3 Å². The molecule has 78 valence electrons. The van der Waals surface area contributed by atoms with Gasteiger partial charge in [-0.15, -0.1) is 11.6 Å². The van der Waals surface area contributed by atoms with Crippen LogP contribution in [0.2, 0.25) is 0 Å². The molecular formula is C10H8ClNO3. The van der Waals surface area contributed by atoms with Crippen LogP contribution in [0.4, 0.5) is 5.69 Å². The van der Waals surface area contributed by atoms with Crippen molar-refractivity contribution < 1.29 is 9.72 Å². The lowest BCUT2D eigenvalue weighted by atomic mass is 9.89. The Morgan fingerprint density at radius 3 is 2.87 bits per heavy atom. The van der Waals surface area contributed by atoms with E-state index >= 15 is 0 Å². The normalized spacial score (nSPS) is 19.8. The summed E-state index contributed by atoms with van der Waals surface area (Å²) in [5.74, 6) is -0.207. The number of carbonyl (C=O) groups is 1. The highest BCUT2D eigenvalue weighted by Gasteiger charge is 2.30. The average molecular weight is 226 g/mol. The largest absolute Gasteiger partial charge is 0.292 e. The first kappa shape index (κ1) is 10.1. The molecule has 0 bridgehead atoms. The van der Waals surface area contributed by atoms with E-state index in [0.717, 1.165) is 0 Å². The number of Topliss-reactive ketones (excluding diaryl/α,β-unsaturated/α-hetero) is 1. The van der Waals surface area contributed by atoms with Gasteiger partial charge in [0.1, 0.15) is 0 Å². The summed E-state index contributed by atoms with van der Waals surface area (Å²) in [5.41, 5.74) is 0.935. The highest BCUT2D eigenvalue weighted by Crippen LogP contribution is 2.31. The predicted octanol–water partition coefficient (Wildman–Crippen LogP) is 2.33. The van der Waals surface area contributed by atoms with Gasteiger partial charge in [-0.05, 0) is 12.8 Å². The summed E-state index contributed by atoms with van der Waals surface area (Å²) < 4.78 is 0. The number of benzene rings is 1. The fourth-order valence-corrected chi connectivity index (χ4v) is 2.04. The van der Waals surface area contributed by atoms with Crippen LogP contribution in [0.25, 0.3) is 0 Å². The number of fused-ring (bicyclic) bond motifs is 1. The van der Waals surface area contributed by atoms with Crippen molar-refractivity contribution >= 4 is 23.1 Å². The fraction of sp³-hybridized carbons (Fsp3) is 0.300. The molecule has 4 nitrogen and oxygen atoms in total. The second kappa shape index (κ2) is 3.62. The molecule has 0 spiro atoms. The molecule has 0 radical (unpaired) electrons. The lowest BCUT2D eigenvalue weighted by molar-refractivity contribution is -0.385. The predicted molar refractivity (Wildman–Crippen MR) is 55.4 cm³/mol. The molecule has 0 N–H and O–H groups in total. The van der Waals surface area contributed by atoms with E-state index in [1.807, 2.05) is 0 Å². The molecular weight excluding hydrogens is 218 g/mol. The summed E-state index contributed by atoms with van der Waals surface area (Å²) in [7, 11) is 0. The second-order valence-corrected chi connectivity index (χ2v) is 3.96. The Hall–Kier alpha value is -1.42. The number of carbonyl (C=O) groups excluding carboxylic acids is 1. The first-order valence-corrected chi connectivity index (χ1v) is 4.99. The van der Waals surface area contributed by atoms with Gasteiger partial charge in [0.25, 0.3) is 5.69 Å². The molecule has 0 saturated heterocycles. The lowest BCUT2D eigenvalue weighted by Crippen LogP contribution is -2.23. The summed E-state index contributed by atoms with van der Waals surface area (Å²) in [6, 6.07) is 4.53. The third-order valence-corrected chi connectivity index (χ3v) is 2.96. The van der Waals surface area contributed by atoms with Crippen LogP contribution in [0.5, 0.6) is 0 Å². The summed E-state index contributed by atoms with van der Waals surface area (Å²) in [6.45, 7) is 0. The van der Waals surface area contributed by atoms with Crippen molar-refractivity contribution in [3.05, 3.63) is 39.4 Å². The summed E-state index contributed by atoms with van der Waals surface area (Å²) in [5, 5.41) is 10.2. The molecule has 0 aliphatic heterocycles. The standard InChI is InChI=1S/C10H8ClNO3/c11-8-5-4-6-7(10(8)13)2-1-3-9(6)12(14)15/h1-3,8H,4-5H2. The van der Waals surface area contributed by atoms with E-state index in [0.29, 0.717) is 24.0 Å². The highest BCUT2D eigenvalue weighted by molar-refractivity contribution is 6.34. The van der Waals surface area contributed by atoms with Crippen LogP contribution in [0.15, 0.2) is 18.2 Å². The van der Waals surface area contributed by atoms with E-state index in [1.54, 1.807) is 6.07 Å².